The van der Waals surface area contributed by atoms with Gasteiger partial charge >= 0.3 is 0 Å². The summed E-state index contributed by atoms with van der Waals surface area (Å²) in [4.78, 5) is 30.8. The third kappa shape index (κ3) is 5.12. The summed E-state index contributed by atoms with van der Waals surface area (Å²) in [5.74, 6) is -1.49. The minimum Gasteiger partial charge on any atom is -0.488 e. The summed E-state index contributed by atoms with van der Waals surface area (Å²) >= 11 is 1.62. The second-order valence-electron chi connectivity index (χ2n) is 8.43. The molecule has 0 fully saturated rings. The molecule has 1 unspecified atom stereocenters. The van der Waals surface area contributed by atoms with Gasteiger partial charge in [0, 0.05) is 23.0 Å². The van der Waals surface area contributed by atoms with Crippen LogP contribution in [0.4, 0.5) is 8.78 Å². The summed E-state index contributed by atoms with van der Waals surface area (Å²) in [6.07, 6.45) is 0.703. The predicted octanol–water partition coefficient (Wildman–Crippen LogP) is 5.08. The standard InChI is InChI=1S/C26H26F2N2O3S/c1-17(2)30(26(32)18-6-5-7-19(27)14-18)15-25(31)29-12-10-24-20(11-13-34-24)22(29)16-33-23-9-4-3-8-21(23)28/h3-9,11,13-14,17,22H,10,12,15-16H2,1-2H3. The molecular formula is C26H26F2N2O3S. The molecule has 0 spiro atoms. The molecule has 2 heterocycles. The number of halogens is 2. The molecule has 5 nitrogen and oxygen atoms in total. The maximum absolute atomic E-state index is 14.1. The van der Waals surface area contributed by atoms with Gasteiger partial charge in [-0.25, -0.2) is 8.78 Å². The van der Waals surface area contributed by atoms with Crippen molar-refractivity contribution in [1.29, 1.82) is 0 Å². The normalized spacial score (nSPS) is 15.2. The molecule has 3 aromatic rings. The number of hydrogen-bond donors (Lipinski definition) is 0. The van der Waals surface area contributed by atoms with E-state index in [4.69, 9.17) is 4.74 Å². The fourth-order valence-corrected chi connectivity index (χ4v) is 5.05. The highest BCUT2D eigenvalue weighted by atomic mass is 32.1. The van der Waals surface area contributed by atoms with Gasteiger partial charge in [-0.1, -0.05) is 18.2 Å². The Balaban J connectivity index is 1.54. The molecule has 0 N–H and O–H groups in total. The van der Waals surface area contributed by atoms with Gasteiger partial charge in [0.25, 0.3) is 5.91 Å². The van der Waals surface area contributed by atoms with Gasteiger partial charge in [-0.3, -0.25) is 9.59 Å². The van der Waals surface area contributed by atoms with Gasteiger partial charge in [0.1, 0.15) is 19.0 Å². The van der Waals surface area contributed by atoms with E-state index in [-0.39, 0.29) is 36.4 Å². The van der Waals surface area contributed by atoms with Gasteiger partial charge in [-0.15, -0.1) is 11.3 Å². The number of ether oxygens (including phenoxy) is 1. The molecule has 2 aromatic carbocycles. The molecule has 1 aliphatic rings. The van der Waals surface area contributed by atoms with Crippen molar-refractivity contribution in [2.24, 2.45) is 0 Å². The second kappa shape index (κ2) is 10.3. The van der Waals surface area contributed by atoms with Crippen molar-refractivity contribution in [2.75, 3.05) is 19.7 Å². The van der Waals surface area contributed by atoms with E-state index in [2.05, 4.69) is 0 Å². The first-order valence-corrected chi connectivity index (χ1v) is 12.0. The van der Waals surface area contributed by atoms with Crippen molar-refractivity contribution in [1.82, 2.24) is 9.80 Å². The maximum Gasteiger partial charge on any atom is 0.254 e. The molecule has 2 amide bonds. The van der Waals surface area contributed by atoms with Gasteiger partial charge in [0.2, 0.25) is 5.91 Å². The van der Waals surface area contributed by atoms with Crippen LogP contribution >= 0.6 is 11.3 Å². The molecule has 0 saturated carbocycles. The molecule has 0 radical (unpaired) electrons. The zero-order valence-corrected chi connectivity index (χ0v) is 19.9. The molecule has 1 aliphatic heterocycles. The molecule has 0 saturated heterocycles. The van der Waals surface area contributed by atoms with Gasteiger partial charge < -0.3 is 14.5 Å². The van der Waals surface area contributed by atoms with Crippen LogP contribution in [0, 0.1) is 11.6 Å². The van der Waals surface area contributed by atoms with Crippen LogP contribution in [0.3, 0.4) is 0 Å². The highest BCUT2D eigenvalue weighted by Gasteiger charge is 2.34. The van der Waals surface area contributed by atoms with Gasteiger partial charge in [-0.2, -0.15) is 0 Å². The van der Waals surface area contributed by atoms with Crippen molar-refractivity contribution in [3.63, 3.8) is 0 Å². The first-order valence-electron chi connectivity index (χ1n) is 11.1. The summed E-state index contributed by atoms with van der Waals surface area (Å²) < 4.78 is 33.6. The van der Waals surface area contributed by atoms with Crippen LogP contribution in [-0.4, -0.2) is 47.4 Å². The summed E-state index contributed by atoms with van der Waals surface area (Å²) in [6, 6.07) is 12.9. The van der Waals surface area contributed by atoms with E-state index in [1.807, 2.05) is 25.3 Å². The lowest BCUT2D eigenvalue weighted by molar-refractivity contribution is -0.136. The molecule has 4 rings (SSSR count). The molecule has 0 bridgehead atoms. The van der Waals surface area contributed by atoms with Crippen LogP contribution in [0.2, 0.25) is 0 Å². The van der Waals surface area contributed by atoms with Crippen LogP contribution in [0.15, 0.2) is 60.0 Å². The third-order valence-corrected chi connectivity index (χ3v) is 6.91. The average Bonchev–Trinajstić information content (AvgIpc) is 3.30. The smallest absolute Gasteiger partial charge is 0.254 e. The minimum atomic E-state index is -0.507. The molecule has 8 heteroatoms. The largest absolute Gasteiger partial charge is 0.488 e. The minimum absolute atomic E-state index is 0.0932. The van der Waals surface area contributed by atoms with Crippen molar-refractivity contribution in [3.05, 3.63) is 87.6 Å². The van der Waals surface area contributed by atoms with E-state index in [1.54, 1.807) is 34.4 Å². The zero-order chi connectivity index (χ0) is 24.2. The van der Waals surface area contributed by atoms with Crippen LogP contribution in [0.5, 0.6) is 5.75 Å². The fraction of sp³-hybridized carbons (Fsp3) is 0.308. The number of hydrogen-bond acceptors (Lipinski definition) is 4. The van der Waals surface area contributed by atoms with Crippen LogP contribution < -0.4 is 4.74 Å². The zero-order valence-electron chi connectivity index (χ0n) is 19.0. The van der Waals surface area contributed by atoms with E-state index in [1.165, 1.54) is 40.1 Å². The summed E-state index contributed by atoms with van der Waals surface area (Å²) in [7, 11) is 0. The maximum atomic E-state index is 14.1. The predicted molar refractivity (Wildman–Crippen MR) is 127 cm³/mol. The molecule has 0 aliphatic carbocycles. The Morgan fingerprint density at radius 1 is 1.15 bits per heavy atom. The monoisotopic (exact) mass is 484 g/mol. The SMILES string of the molecule is CC(C)N(CC(=O)N1CCc2sccc2C1COc1ccccc1F)C(=O)c1cccc(F)c1. The van der Waals surface area contributed by atoms with E-state index in [0.29, 0.717) is 13.0 Å². The Hall–Kier alpha value is -3.26. The average molecular weight is 485 g/mol. The fourth-order valence-electron chi connectivity index (χ4n) is 4.12. The molecule has 178 valence electrons. The first-order chi connectivity index (χ1) is 16.3. The number of amides is 2. The Bertz CT molecular complexity index is 1180. The van der Waals surface area contributed by atoms with E-state index < -0.39 is 23.6 Å². The lowest BCUT2D eigenvalue weighted by atomic mass is 10.00. The highest BCUT2D eigenvalue weighted by Crippen LogP contribution is 2.34. The van der Waals surface area contributed by atoms with E-state index in [9.17, 15) is 18.4 Å². The quantitative estimate of drug-likeness (QED) is 0.470. The van der Waals surface area contributed by atoms with Crippen molar-refractivity contribution < 1.29 is 23.1 Å². The van der Waals surface area contributed by atoms with Crippen molar-refractivity contribution in [2.45, 2.75) is 32.4 Å². The third-order valence-electron chi connectivity index (χ3n) is 5.91. The van der Waals surface area contributed by atoms with Crippen molar-refractivity contribution in [3.8, 4) is 5.75 Å². The lowest BCUT2D eigenvalue weighted by Gasteiger charge is -2.37. The topological polar surface area (TPSA) is 49.9 Å². The summed E-state index contributed by atoms with van der Waals surface area (Å²) in [5, 5.41) is 1.97. The molecule has 34 heavy (non-hydrogen) atoms. The number of nitrogens with zero attached hydrogens (tertiary/aromatic N) is 2. The van der Waals surface area contributed by atoms with Crippen LogP contribution in [0.1, 0.15) is 40.7 Å². The van der Waals surface area contributed by atoms with Crippen LogP contribution in [-0.2, 0) is 11.2 Å². The number of para-hydroxylation sites is 1. The van der Waals surface area contributed by atoms with Crippen molar-refractivity contribution >= 4 is 23.2 Å². The Kier molecular flexibility index (Phi) is 7.26. The number of thiophene rings is 1. The van der Waals surface area contributed by atoms with Gasteiger partial charge in [0.05, 0.1) is 6.04 Å². The Morgan fingerprint density at radius 2 is 1.94 bits per heavy atom. The number of benzene rings is 2. The molecule has 1 aromatic heterocycles. The number of carbonyl (C=O) groups excluding carboxylic acids is 2. The van der Waals surface area contributed by atoms with E-state index >= 15 is 0 Å². The highest BCUT2D eigenvalue weighted by molar-refractivity contribution is 7.10. The van der Waals surface area contributed by atoms with Crippen LogP contribution in [0.25, 0.3) is 0 Å². The Labute approximate surface area is 201 Å². The molecule has 1 atom stereocenters. The second-order valence-corrected chi connectivity index (χ2v) is 9.43. The number of rotatable bonds is 7. The first kappa shape index (κ1) is 23.9. The van der Waals surface area contributed by atoms with Gasteiger partial charge in [-0.05, 0) is 67.6 Å². The number of fused-ring (bicyclic) bond motifs is 1. The summed E-state index contributed by atoms with van der Waals surface area (Å²) in [6.45, 7) is 4.04. The van der Waals surface area contributed by atoms with E-state index in [0.717, 1.165) is 5.56 Å². The summed E-state index contributed by atoms with van der Waals surface area (Å²) in [5.41, 5.74) is 1.17. The number of carbonyl (C=O) groups is 2. The van der Waals surface area contributed by atoms with Gasteiger partial charge in [0.15, 0.2) is 11.6 Å². The molecular weight excluding hydrogens is 458 g/mol. The lowest BCUT2D eigenvalue weighted by Crippen LogP contribution is -2.49. The Morgan fingerprint density at radius 3 is 2.68 bits per heavy atom.